The first kappa shape index (κ1) is 23.8. The number of aliphatic hydroxyl groups excluding tert-OH is 1. The van der Waals surface area contributed by atoms with Gasteiger partial charge in [0, 0.05) is 0 Å². The molecule has 0 radical (unpaired) electrons. The van der Waals surface area contributed by atoms with Crippen LogP contribution in [0.2, 0.25) is 0 Å². The fourth-order valence-electron chi connectivity index (χ4n) is 7.47. The van der Waals surface area contributed by atoms with Gasteiger partial charge < -0.3 is 14.9 Å². The summed E-state index contributed by atoms with van der Waals surface area (Å²) >= 11 is 5.16. The molecule has 2 aromatic rings. The van der Waals surface area contributed by atoms with Gasteiger partial charge in [-0.3, -0.25) is 0 Å². The topological polar surface area (TPSA) is 49.7 Å². The number of unbranched alkanes of at least 4 members (excludes halogenated alkanes) is 1. The van der Waals surface area contributed by atoms with Gasteiger partial charge in [-0.1, -0.05) is 37.3 Å². The molecule has 0 aliphatic heterocycles. The summed E-state index contributed by atoms with van der Waals surface area (Å²) in [5.41, 5.74) is 4.05. The summed E-state index contributed by atoms with van der Waals surface area (Å²) in [4.78, 5) is 1.07. The highest BCUT2D eigenvalue weighted by Gasteiger charge is 2.57. The Bertz CT molecular complexity index is 1030. The zero-order valence-corrected chi connectivity index (χ0v) is 21.3. The standard InChI is InChI=1S/C30H38O3S/c1-19(34)5-3-4-16-33-23-10-6-20(7-11-23)26-18-30(2)27(14-15-28(30)32)25-12-8-21-17-22(31)9-13-24(21)29(25)26/h6-7,9-11,13,17,25-29,31-32H,3-5,8,12,14-16,18H2,1-2H3/t25-,26+,27-,28-,29+,30-/m0/s1. The summed E-state index contributed by atoms with van der Waals surface area (Å²) < 4.78 is 6.00. The molecule has 2 fully saturated rings. The lowest BCUT2D eigenvalue weighted by Gasteiger charge is -2.54. The lowest BCUT2D eigenvalue weighted by atomic mass is 9.51. The predicted octanol–water partition coefficient (Wildman–Crippen LogP) is 6.94. The smallest absolute Gasteiger partial charge is 0.119 e. The van der Waals surface area contributed by atoms with Crippen molar-refractivity contribution in [2.24, 2.45) is 17.3 Å². The second kappa shape index (κ2) is 9.62. The van der Waals surface area contributed by atoms with Crippen molar-refractivity contribution in [3.05, 3.63) is 59.2 Å². The number of aromatic hydroxyl groups is 1. The third-order valence-corrected chi connectivity index (χ3v) is 9.37. The van der Waals surface area contributed by atoms with Crippen molar-refractivity contribution in [1.82, 2.24) is 0 Å². The van der Waals surface area contributed by atoms with Crippen LogP contribution in [0, 0.1) is 17.3 Å². The number of hydrogen-bond acceptors (Lipinski definition) is 4. The number of aryl methyl sites for hydroxylation is 1. The summed E-state index contributed by atoms with van der Waals surface area (Å²) in [6.45, 7) is 5.06. The molecule has 2 N–H and O–H groups in total. The van der Waals surface area contributed by atoms with E-state index in [9.17, 15) is 10.2 Å². The molecule has 2 saturated carbocycles. The van der Waals surface area contributed by atoms with E-state index in [0.717, 1.165) is 68.6 Å². The number of fused-ring (bicyclic) bond motifs is 5. The number of thiocarbonyl (C=S) groups is 1. The van der Waals surface area contributed by atoms with E-state index < -0.39 is 0 Å². The largest absolute Gasteiger partial charge is 0.508 e. The second-order valence-electron chi connectivity index (χ2n) is 11.2. The van der Waals surface area contributed by atoms with E-state index >= 15 is 0 Å². The van der Waals surface area contributed by atoms with Crippen LogP contribution >= 0.6 is 12.2 Å². The Morgan fingerprint density at radius 2 is 1.88 bits per heavy atom. The lowest BCUT2D eigenvalue weighted by Crippen LogP contribution is -2.47. The third-order valence-electron chi connectivity index (χ3n) is 9.16. The summed E-state index contributed by atoms with van der Waals surface area (Å²) in [6, 6.07) is 14.7. The van der Waals surface area contributed by atoms with Crippen LogP contribution in [0.4, 0.5) is 0 Å². The number of aliphatic hydroxyl groups is 1. The Hall–Kier alpha value is -1.91. The first-order valence-corrected chi connectivity index (χ1v) is 13.5. The van der Waals surface area contributed by atoms with Crippen molar-refractivity contribution in [2.75, 3.05) is 6.61 Å². The average Bonchev–Trinajstić information content (AvgIpc) is 3.12. The van der Waals surface area contributed by atoms with Gasteiger partial charge in [-0.2, -0.15) is 0 Å². The summed E-state index contributed by atoms with van der Waals surface area (Å²) in [5, 5.41) is 21.1. The maximum absolute atomic E-state index is 11.0. The zero-order chi connectivity index (χ0) is 23.9. The maximum Gasteiger partial charge on any atom is 0.119 e. The van der Waals surface area contributed by atoms with E-state index in [1.807, 2.05) is 19.1 Å². The number of rotatable bonds is 7. The Balaban J connectivity index is 1.40. The van der Waals surface area contributed by atoms with Gasteiger partial charge in [0.15, 0.2) is 0 Å². The highest BCUT2D eigenvalue weighted by molar-refractivity contribution is 7.80. The fourth-order valence-corrected chi connectivity index (χ4v) is 7.61. The van der Waals surface area contributed by atoms with Crippen molar-refractivity contribution in [1.29, 1.82) is 0 Å². The van der Waals surface area contributed by atoms with Gasteiger partial charge in [0.05, 0.1) is 12.7 Å². The van der Waals surface area contributed by atoms with Crippen LogP contribution in [0.3, 0.4) is 0 Å². The number of hydrogen-bond donors (Lipinski definition) is 2. The van der Waals surface area contributed by atoms with E-state index in [4.69, 9.17) is 17.0 Å². The van der Waals surface area contributed by atoms with E-state index in [0.29, 0.717) is 29.4 Å². The van der Waals surface area contributed by atoms with Crippen LogP contribution < -0.4 is 4.74 Å². The van der Waals surface area contributed by atoms with Gasteiger partial charge in [-0.15, -0.1) is 0 Å². The molecule has 6 atom stereocenters. The molecule has 5 rings (SSSR count). The van der Waals surface area contributed by atoms with Gasteiger partial charge in [-0.05, 0) is 133 Å². The van der Waals surface area contributed by atoms with Crippen LogP contribution in [0.25, 0.3) is 0 Å². The molecule has 0 bridgehead atoms. The van der Waals surface area contributed by atoms with Crippen molar-refractivity contribution in [3.8, 4) is 11.5 Å². The van der Waals surface area contributed by atoms with E-state index in [1.54, 1.807) is 0 Å². The lowest BCUT2D eigenvalue weighted by molar-refractivity contribution is -0.0323. The SMILES string of the molecule is CC(=S)CCCCOc1ccc([C@H]2C[C@]3(C)[C@@H](O)CC[C@H]3[C@@H]3CCc4cc(O)ccc4[C@H]32)cc1. The third kappa shape index (κ3) is 4.40. The maximum atomic E-state index is 11.0. The molecule has 3 aliphatic rings. The van der Waals surface area contributed by atoms with Gasteiger partial charge in [0.2, 0.25) is 0 Å². The number of benzene rings is 2. The molecule has 2 aromatic carbocycles. The van der Waals surface area contributed by atoms with Gasteiger partial charge >= 0.3 is 0 Å². The zero-order valence-electron chi connectivity index (χ0n) is 20.5. The Morgan fingerprint density at radius 1 is 1.09 bits per heavy atom. The van der Waals surface area contributed by atoms with Crippen LogP contribution in [-0.2, 0) is 6.42 Å². The van der Waals surface area contributed by atoms with E-state index in [2.05, 4.69) is 37.3 Å². The first-order chi connectivity index (χ1) is 16.4. The van der Waals surface area contributed by atoms with Crippen LogP contribution in [-0.4, -0.2) is 27.8 Å². The molecule has 0 amide bonds. The minimum Gasteiger partial charge on any atom is -0.508 e. The molecular weight excluding hydrogens is 440 g/mol. The van der Waals surface area contributed by atoms with Gasteiger partial charge in [-0.25, -0.2) is 0 Å². The molecule has 0 unspecified atom stereocenters. The number of ether oxygens (including phenoxy) is 1. The predicted molar refractivity (Wildman–Crippen MR) is 141 cm³/mol. The fraction of sp³-hybridized carbons (Fsp3) is 0.567. The van der Waals surface area contributed by atoms with Gasteiger partial charge in [0.25, 0.3) is 0 Å². The van der Waals surface area contributed by atoms with Crippen molar-refractivity contribution >= 4 is 17.1 Å². The molecule has 182 valence electrons. The average molecular weight is 479 g/mol. The summed E-state index contributed by atoms with van der Waals surface area (Å²) in [6.07, 6.45) is 8.12. The number of phenols is 1. The van der Waals surface area contributed by atoms with Crippen molar-refractivity contribution in [2.45, 2.75) is 83.2 Å². The quantitative estimate of drug-likeness (QED) is 0.334. The molecule has 0 spiro atoms. The van der Waals surface area contributed by atoms with Crippen molar-refractivity contribution < 1.29 is 14.9 Å². The van der Waals surface area contributed by atoms with E-state index in [-0.39, 0.29) is 11.5 Å². The molecule has 0 aromatic heterocycles. The molecule has 34 heavy (non-hydrogen) atoms. The molecule has 3 aliphatic carbocycles. The highest BCUT2D eigenvalue weighted by atomic mass is 32.1. The molecule has 4 heteroatoms. The molecule has 3 nitrogen and oxygen atoms in total. The minimum absolute atomic E-state index is 0.0186. The Morgan fingerprint density at radius 3 is 2.65 bits per heavy atom. The van der Waals surface area contributed by atoms with Crippen LogP contribution in [0.1, 0.15) is 87.3 Å². The second-order valence-corrected chi connectivity index (χ2v) is 11.9. The Kier molecular flexibility index (Phi) is 6.74. The van der Waals surface area contributed by atoms with Gasteiger partial charge in [0.1, 0.15) is 11.5 Å². The van der Waals surface area contributed by atoms with Crippen LogP contribution in [0.5, 0.6) is 11.5 Å². The normalized spacial score (nSPS) is 31.9. The molecule has 0 heterocycles. The molecular formula is C30H38O3S. The summed E-state index contributed by atoms with van der Waals surface area (Å²) in [5.74, 6) is 3.25. The first-order valence-electron chi connectivity index (χ1n) is 13.1. The van der Waals surface area contributed by atoms with E-state index in [1.165, 1.54) is 16.7 Å². The molecule has 0 saturated heterocycles. The Labute approximate surface area is 209 Å². The number of phenolic OH excluding ortho intramolecular Hbond substituents is 1. The van der Waals surface area contributed by atoms with Crippen molar-refractivity contribution in [3.63, 3.8) is 0 Å². The van der Waals surface area contributed by atoms with Crippen LogP contribution in [0.15, 0.2) is 42.5 Å². The monoisotopic (exact) mass is 478 g/mol. The minimum atomic E-state index is -0.208. The summed E-state index contributed by atoms with van der Waals surface area (Å²) in [7, 11) is 0. The highest BCUT2D eigenvalue weighted by Crippen LogP contribution is 2.65.